The number of para-hydroxylation sites is 1. The summed E-state index contributed by atoms with van der Waals surface area (Å²) in [5.74, 6) is 2.84. The number of fused-ring (bicyclic) bond motifs is 5. The molecule has 0 spiro atoms. The second kappa shape index (κ2) is 44.3. The van der Waals surface area contributed by atoms with Gasteiger partial charge in [-0.25, -0.2) is 71.5 Å². The molecule has 0 fully saturated rings. The Morgan fingerprint density at radius 2 is 0.819 bits per heavy atom. The summed E-state index contributed by atoms with van der Waals surface area (Å²) in [4.78, 5) is 71.4. The lowest BCUT2D eigenvalue weighted by atomic mass is 10.1. The number of aromatic nitrogens is 15. The van der Waals surface area contributed by atoms with Crippen molar-refractivity contribution in [3.63, 3.8) is 0 Å². The number of carbonyl (C=O) groups is 2. The largest absolute Gasteiger partial charge is 0.508 e. The maximum absolute atomic E-state index is 12.7. The zero-order chi connectivity index (χ0) is 100. The van der Waals surface area contributed by atoms with E-state index < -0.39 is 26.0 Å². The van der Waals surface area contributed by atoms with E-state index in [0.717, 1.165) is 91.8 Å². The summed E-state index contributed by atoms with van der Waals surface area (Å²) in [5.41, 5.74) is 24.0. The molecule has 10 aromatic carbocycles. The van der Waals surface area contributed by atoms with Crippen molar-refractivity contribution in [2.45, 2.75) is 43.0 Å². The topological polar surface area (TPSA) is 453 Å². The molecule has 0 aliphatic carbocycles. The van der Waals surface area contributed by atoms with E-state index in [1.807, 2.05) is 233 Å². The number of aromatic hydroxyl groups is 1. The molecule has 1 atom stereocenters. The number of nitrogen functional groups attached to an aromatic ring is 1. The minimum absolute atomic E-state index is 0.0464. The van der Waals surface area contributed by atoms with Gasteiger partial charge in [-0.1, -0.05) is 109 Å². The van der Waals surface area contributed by atoms with Crippen LogP contribution in [0, 0.1) is 13.8 Å². The van der Waals surface area contributed by atoms with E-state index in [2.05, 4.69) is 76.2 Å². The molecule has 0 saturated heterocycles. The highest BCUT2D eigenvalue weighted by atomic mass is 35.5. The molecule has 38 heteroatoms. The standard InChI is InChI=1S/C30H31N7O3S.C25H22N6O2S.C19H13ClN4O2.C18H14N4O.C14H16N4O2/c1-21-7-13-26(14-8-21)41(39,40)35-25-11-9-24(10-12-25)33-28-29-31-16-18-37(29)20-27(34-28)22-5-4-6-23(19-22)30(38)32-15-17-36(2)3;1-17-5-11-22(12-6-17)34(32,33)30-21-9-7-20(8-10-21)28-24-25-27-13-14-31(25)16-23(29-24)18-3-2-4-19(26)15-18;20-14-5-7-15(8-6-14)22-17-18-21-9-10-24(18)11-16(23-17)12-1-3-13(4-2-12)19(25)26;23-15-8-6-13(7-9-15)16-12-22-11-10-19-18(22)17(21-16)20-14-4-2-1-3-5-14;1-2-10(9-19)16-13-14-15-5-6-18(14)8-11(17-13)12-4-3-7-20-12/h4-14,16,18-20,35H,15,17H2,1-3H3,(H,32,38)(H,33,34);2-16,30H,26H2,1H3,(H,28,29);1-11H,(H,22,23)(H,25,26);1-12,23H,(H,20,21);3-8,10,19H,2,9H2,1H3,(H,16,17). The van der Waals surface area contributed by atoms with Crippen LogP contribution in [-0.4, -0.2) is 161 Å². The summed E-state index contributed by atoms with van der Waals surface area (Å²) < 4.78 is 70.8. The van der Waals surface area contributed by atoms with Crippen molar-refractivity contribution in [3.05, 3.63) is 387 Å². The molecular formula is C106H96ClN25O10S2. The molecule has 0 aliphatic heterocycles. The Morgan fingerprint density at radius 3 is 1.23 bits per heavy atom. The number of anilines is 12. The summed E-state index contributed by atoms with van der Waals surface area (Å²) >= 11 is 5.93. The third-order valence-corrected chi connectivity index (χ3v) is 25.4. The monoisotopic (exact) mass is 1980 g/mol. The van der Waals surface area contributed by atoms with E-state index in [-0.39, 0.29) is 39.7 Å². The number of nitrogens with zero attached hydrogens (tertiary/aromatic N) is 16. The number of amides is 1. The normalized spacial score (nSPS) is 11.4. The van der Waals surface area contributed by atoms with Gasteiger partial charge in [0.2, 0.25) is 0 Å². The average Bonchev–Trinajstić information content (AvgIpc) is 1.66. The Bertz CT molecular complexity index is 8290. The number of carbonyl (C=O) groups excluding carboxylic acids is 1. The van der Waals surface area contributed by atoms with Crippen LogP contribution in [-0.2, 0) is 20.0 Å². The van der Waals surface area contributed by atoms with Crippen molar-refractivity contribution in [1.82, 2.24) is 82.1 Å². The van der Waals surface area contributed by atoms with Crippen LogP contribution in [0.15, 0.2) is 374 Å². The Balaban J connectivity index is 0.000000126. The van der Waals surface area contributed by atoms with E-state index in [1.54, 1.807) is 189 Å². The quantitative estimate of drug-likeness (QED) is 0.0203. The van der Waals surface area contributed by atoms with Gasteiger partial charge in [0.1, 0.15) is 11.4 Å². The van der Waals surface area contributed by atoms with E-state index in [9.17, 15) is 36.6 Å². The Morgan fingerprint density at radius 1 is 0.431 bits per heavy atom. The molecule has 11 aromatic heterocycles. The van der Waals surface area contributed by atoms with Crippen LogP contribution in [0.25, 0.3) is 84.7 Å². The number of sulfonamides is 2. The third-order valence-electron chi connectivity index (χ3n) is 22.3. The number of likely N-dealkylation sites (N-methyl/N-ethyl adjacent to an activating group) is 1. The van der Waals surface area contributed by atoms with Gasteiger partial charge >= 0.3 is 5.97 Å². The molecule has 11 heterocycles. The van der Waals surface area contributed by atoms with Gasteiger partial charge in [-0.15, -0.1) is 0 Å². The number of aryl methyl sites for hydroxylation is 2. The summed E-state index contributed by atoms with van der Waals surface area (Å²) in [6, 6.07) is 76.4. The Kier molecular flexibility index (Phi) is 30.0. The molecule has 1 amide bonds. The highest BCUT2D eigenvalue weighted by Crippen LogP contribution is 2.34. The molecule has 0 bridgehead atoms. The summed E-state index contributed by atoms with van der Waals surface area (Å²) in [6.07, 6.45) is 29.6. The van der Waals surface area contributed by atoms with Gasteiger partial charge < -0.3 is 84.3 Å². The summed E-state index contributed by atoms with van der Waals surface area (Å²) in [7, 11) is -3.46. The number of phenols is 1. The van der Waals surface area contributed by atoms with Crippen LogP contribution >= 0.6 is 11.6 Å². The number of aliphatic hydroxyl groups is 1. The molecule has 13 N–H and O–H groups in total. The number of hydrogen-bond acceptors (Lipinski definition) is 26. The number of nitrogens with two attached hydrogens (primary N) is 1. The number of furan rings is 1. The molecule has 35 nitrogen and oxygen atoms in total. The van der Waals surface area contributed by atoms with Gasteiger partial charge in [-0.3, -0.25) is 14.2 Å². The number of carboxylic acids is 1. The first-order valence-corrected chi connectivity index (χ1v) is 48.5. The highest BCUT2D eigenvalue weighted by molar-refractivity contribution is 7.93. The van der Waals surface area contributed by atoms with Crippen LogP contribution in [0.4, 0.5) is 68.9 Å². The van der Waals surface area contributed by atoms with Crippen LogP contribution in [0.3, 0.4) is 0 Å². The first-order valence-electron chi connectivity index (χ1n) is 45.2. The minimum atomic E-state index is -3.71. The number of phenolic OH excluding ortho intramolecular Hbond substituents is 1. The predicted molar refractivity (Wildman–Crippen MR) is 561 cm³/mol. The van der Waals surface area contributed by atoms with Gasteiger partial charge in [0.25, 0.3) is 26.0 Å². The van der Waals surface area contributed by atoms with Gasteiger partial charge in [0, 0.05) is 179 Å². The van der Waals surface area contributed by atoms with Crippen LogP contribution in [0.1, 0.15) is 45.2 Å². The number of benzene rings is 10. The number of hydrogen-bond donors (Lipinski definition) is 12. The third kappa shape index (κ3) is 24.4. The van der Waals surface area contributed by atoms with E-state index in [1.165, 1.54) is 0 Å². The van der Waals surface area contributed by atoms with Gasteiger partial charge in [0.15, 0.2) is 63.1 Å². The number of halogens is 1. The highest BCUT2D eigenvalue weighted by Gasteiger charge is 2.22. The molecule has 21 aromatic rings. The van der Waals surface area contributed by atoms with Gasteiger partial charge in [0.05, 0.1) is 57.0 Å². The van der Waals surface area contributed by atoms with Gasteiger partial charge in [-0.2, -0.15) is 0 Å². The lowest BCUT2D eigenvalue weighted by Crippen LogP contribution is -2.31. The summed E-state index contributed by atoms with van der Waals surface area (Å²) in [6.45, 7) is 7.17. The fourth-order valence-electron chi connectivity index (χ4n) is 14.8. The maximum Gasteiger partial charge on any atom is 0.335 e. The lowest BCUT2D eigenvalue weighted by Gasteiger charge is -2.15. The summed E-state index contributed by atoms with van der Waals surface area (Å²) in [5, 5.41) is 47.8. The number of carboxylic acid groups (broad SMARTS) is 1. The average molecular weight is 1980 g/mol. The SMILES string of the molecule is CCC(CO)Nc1nc(-c2ccco2)cn2ccnc12.Cc1ccc(S(=O)(=O)Nc2ccc(Nc3nc(-c4cccc(C(=O)NCCN(C)C)c4)cn4ccnc34)cc2)cc1.Cc1ccc(S(=O)(=O)Nc2ccc(Nc3nc(-c4cccc(N)c4)cn4ccnc34)cc2)cc1.O=C(O)c1ccc(-c2cn3ccnc3c(Nc3ccc(Cl)cc3)n2)cc1.Oc1ccc(-c2cn3ccnc3c(Nc3ccccc3)n2)cc1. The number of imidazole rings is 5. The zero-order valence-corrected chi connectivity index (χ0v) is 80.5. The molecule has 0 saturated carbocycles. The molecular weight excluding hydrogens is 1880 g/mol. The Hall–Kier alpha value is -18.2. The molecule has 21 rings (SSSR count). The zero-order valence-electron chi connectivity index (χ0n) is 78.1. The van der Waals surface area contributed by atoms with Crippen molar-refractivity contribution in [2.75, 3.05) is 75.6 Å². The predicted octanol–water partition coefficient (Wildman–Crippen LogP) is 19.9. The lowest BCUT2D eigenvalue weighted by molar-refractivity contribution is 0.0696. The van der Waals surface area contributed by atoms with Crippen molar-refractivity contribution < 1.29 is 46.2 Å². The fourth-order valence-corrected chi connectivity index (χ4v) is 17.0. The first-order chi connectivity index (χ1) is 69.7. The maximum atomic E-state index is 12.7. The second-order valence-electron chi connectivity index (χ2n) is 33.1. The van der Waals surface area contributed by atoms with Crippen molar-refractivity contribution >= 4 is 141 Å². The molecule has 0 aliphatic rings. The molecule has 724 valence electrons. The van der Waals surface area contributed by atoms with E-state index >= 15 is 0 Å². The fraction of sp³-hybridized carbons (Fsp3) is 0.0943. The number of aliphatic hydroxyl groups excluding tert-OH is 1. The van der Waals surface area contributed by atoms with Crippen molar-refractivity contribution in [2.24, 2.45) is 0 Å². The van der Waals surface area contributed by atoms with Gasteiger partial charge in [-0.05, 0) is 216 Å². The molecule has 0 radical (unpaired) electrons. The minimum Gasteiger partial charge on any atom is -0.508 e. The van der Waals surface area contributed by atoms with Crippen LogP contribution in [0.5, 0.6) is 5.75 Å². The van der Waals surface area contributed by atoms with Crippen molar-refractivity contribution in [3.8, 4) is 62.2 Å². The first kappa shape index (κ1) is 97.5. The van der Waals surface area contributed by atoms with Crippen LogP contribution in [0.2, 0.25) is 5.02 Å². The smallest absolute Gasteiger partial charge is 0.335 e. The second-order valence-corrected chi connectivity index (χ2v) is 36.9. The van der Waals surface area contributed by atoms with E-state index in [0.29, 0.717) is 103 Å². The number of nitrogens with one attached hydrogen (secondary N) is 8. The van der Waals surface area contributed by atoms with E-state index in [4.69, 9.17) is 41.8 Å². The molecule has 144 heavy (non-hydrogen) atoms. The number of rotatable bonds is 28. The van der Waals surface area contributed by atoms with Crippen molar-refractivity contribution in [1.29, 1.82) is 0 Å². The van der Waals surface area contributed by atoms with Crippen LogP contribution < -0.4 is 47.1 Å². The Labute approximate surface area is 831 Å². The number of aromatic carboxylic acids is 1. The molecule has 1 unspecified atom stereocenters.